The van der Waals surface area contributed by atoms with Crippen LogP contribution < -0.4 is 4.86 Å². The van der Waals surface area contributed by atoms with Crippen molar-refractivity contribution in [3.8, 4) is 0 Å². The van der Waals surface area contributed by atoms with Crippen LogP contribution in [-0.2, 0) is 14.3 Å². The average molecular weight is 359 g/mol. The molecule has 2 aliphatic heterocycles. The Morgan fingerprint density at radius 3 is 2.80 bits per heavy atom. The highest BCUT2D eigenvalue weighted by Crippen LogP contribution is 2.70. The second kappa shape index (κ2) is 6.16. The van der Waals surface area contributed by atoms with Crippen LogP contribution in [0.3, 0.4) is 0 Å². The summed E-state index contributed by atoms with van der Waals surface area (Å²) >= 11 is 0. The van der Waals surface area contributed by atoms with Crippen LogP contribution in [0.25, 0.3) is 0 Å². The fourth-order valence-electron chi connectivity index (χ4n) is 1.57. The monoisotopic (exact) mass is 359 g/mol. The van der Waals surface area contributed by atoms with Crippen molar-refractivity contribution in [3.05, 3.63) is 0 Å². The number of halogens is 5. The van der Waals surface area contributed by atoms with Crippen molar-refractivity contribution in [1.29, 1.82) is 0 Å². The van der Waals surface area contributed by atoms with Crippen molar-refractivity contribution in [2.75, 3.05) is 6.61 Å². The quantitative estimate of drug-likeness (QED) is 0.362. The number of carbonyl (C=O) groups is 1. The van der Waals surface area contributed by atoms with Gasteiger partial charge in [-0.3, -0.25) is 0 Å². The number of nitrogens with one attached hydrogen (secondary N) is 1. The van der Waals surface area contributed by atoms with Crippen molar-refractivity contribution in [3.63, 3.8) is 0 Å². The summed E-state index contributed by atoms with van der Waals surface area (Å²) in [4.78, 5) is 13.3. The van der Waals surface area contributed by atoms with Gasteiger partial charge in [-0.05, 0) is 16.2 Å². The van der Waals surface area contributed by atoms with E-state index in [9.17, 15) is 26.7 Å². The minimum atomic E-state index is -3.96. The topological polar surface area (TPSA) is 54.0 Å². The molecule has 6 nitrogen and oxygen atoms in total. The molecule has 20 heavy (non-hydrogen) atoms. The summed E-state index contributed by atoms with van der Waals surface area (Å²) in [6, 6.07) is 0. The van der Waals surface area contributed by atoms with E-state index in [2.05, 4.69) is 9.59 Å². The Morgan fingerprint density at radius 2 is 2.20 bits per heavy atom. The Bertz CT molecular complexity index is 396. The fraction of sp³-hybridized carbons (Fsp3) is 0.833. The van der Waals surface area contributed by atoms with E-state index in [0.29, 0.717) is 0 Å². The van der Waals surface area contributed by atoms with Crippen molar-refractivity contribution < 1.29 is 36.2 Å². The lowest BCUT2D eigenvalue weighted by molar-refractivity contribution is -0.165. The predicted octanol–water partition coefficient (Wildman–Crippen LogP) is 2.90. The third-order valence-electron chi connectivity index (χ3n) is 2.42. The van der Waals surface area contributed by atoms with Gasteiger partial charge < -0.3 is 9.47 Å². The molecule has 0 aliphatic carbocycles. The Morgan fingerprint density at radius 1 is 1.55 bits per heavy atom. The van der Waals surface area contributed by atoms with Crippen LogP contribution in [0.15, 0.2) is 0 Å². The van der Waals surface area contributed by atoms with Crippen molar-refractivity contribution in [2.45, 2.75) is 24.8 Å². The Hall–Kier alpha value is 0.250. The number of carbonyl (C=O) groups excluding carboxylic acids is 1. The summed E-state index contributed by atoms with van der Waals surface area (Å²) in [5.41, 5.74) is 0. The van der Waals surface area contributed by atoms with E-state index in [1.807, 2.05) is 0 Å². The molecule has 1 N–H and O–H groups in total. The molecule has 2 fully saturated rings. The molecule has 0 aromatic carbocycles. The standard InChI is InChI=1S/C6H9F5N3O3P3/c1-2-16-3-4(17-5(15)6(3,7)8)19-12-18-13(9)20(11)14(19)10/h3-4,12,18H,2H2,1H3. The highest BCUT2D eigenvalue weighted by molar-refractivity contribution is 7.76. The van der Waals surface area contributed by atoms with Crippen molar-refractivity contribution >= 4 is 31.6 Å². The van der Waals surface area contributed by atoms with Crippen LogP contribution in [0.1, 0.15) is 6.92 Å². The van der Waals surface area contributed by atoms with E-state index in [1.165, 1.54) is 6.92 Å². The summed E-state index contributed by atoms with van der Waals surface area (Å²) in [5, 5.41) is 0. The van der Waals surface area contributed by atoms with Gasteiger partial charge in [0.15, 0.2) is 11.9 Å². The predicted molar refractivity (Wildman–Crippen MR) is 62.5 cm³/mol. The first-order valence-corrected chi connectivity index (χ1v) is 8.64. The van der Waals surface area contributed by atoms with Crippen LogP contribution in [0.2, 0.25) is 0 Å². The first-order valence-electron chi connectivity index (χ1n) is 5.19. The highest BCUT2D eigenvalue weighted by atomic mass is 31.3. The normalized spacial score (nSPS) is 40.2. The molecule has 0 spiro atoms. The summed E-state index contributed by atoms with van der Waals surface area (Å²) in [7, 11) is -6.87. The van der Waals surface area contributed by atoms with Crippen LogP contribution in [0.4, 0.5) is 21.9 Å². The van der Waals surface area contributed by atoms with Gasteiger partial charge in [-0.25, -0.2) is 9.65 Å². The lowest BCUT2D eigenvalue weighted by atomic mass is 10.2. The molecule has 2 aliphatic rings. The van der Waals surface area contributed by atoms with E-state index in [-0.39, 0.29) is 6.61 Å². The zero-order valence-electron chi connectivity index (χ0n) is 9.77. The lowest BCUT2D eigenvalue weighted by Gasteiger charge is -2.36. The molecule has 14 heteroatoms. The second-order valence-electron chi connectivity index (χ2n) is 3.60. The summed E-state index contributed by atoms with van der Waals surface area (Å²) < 4.78 is 75.0. The number of hydrogen-bond acceptors (Lipinski definition) is 6. The van der Waals surface area contributed by atoms with Gasteiger partial charge in [0, 0.05) is 6.61 Å². The molecule has 2 saturated heterocycles. The Kier molecular flexibility index (Phi) is 5.12. The molecule has 0 saturated carbocycles. The van der Waals surface area contributed by atoms with Gasteiger partial charge in [0.2, 0.25) is 0 Å². The number of hydrogen-bond donors (Lipinski definition) is 1. The van der Waals surface area contributed by atoms with Gasteiger partial charge >= 0.3 is 20.4 Å². The summed E-state index contributed by atoms with van der Waals surface area (Å²) in [6.45, 7) is 1.22. The van der Waals surface area contributed by atoms with Gasteiger partial charge in [0.05, 0.1) is 8.88 Å². The Labute approximate surface area is 114 Å². The SMILES string of the molecule is CCOC1C(P2NPN(F)P(F)N2F)OC(=O)C1(F)F. The number of rotatable bonds is 3. The van der Waals surface area contributed by atoms with Crippen LogP contribution >= 0.6 is 25.6 Å². The van der Waals surface area contributed by atoms with Crippen LogP contribution in [-0.4, -0.2) is 39.8 Å². The molecule has 0 aromatic rings. The summed E-state index contributed by atoms with van der Waals surface area (Å²) in [5.74, 6) is -7.55. The third-order valence-corrected chi connectivity index (χ3v) is 7.51. The molecule has 116 valence electrons. The smallest absolute Gasteiger partial charge is 0.380 e. The highest BCUT2D eigenvalue weighted by Gasteiger charge is 2.65. The van der Waals surface area contributed by atoms with E-state index >= 15 is 0 Å². The van der Waals surface area contributed by atoms with Gasteiger partial charge in [-0.1, -0.05) is 0 Å². The number of alkyl halides is 2. The van der Waals surface area contributed by atoms with E-state index in [0.717, 1.165) is 0 Å². The number of esters is 1. The molecule has 0 radical (unpaired) electrons. The second-order valence-corrected chi connectivity index (χ2v) is 8.54. The van der Waals surface area contributed by atoms with Crippen molar-refractivity contribution in [1.82, 2.24) is 14.2 Å². The fourth-order valence-corrected chi connectivity index (χ4v) is 6.94. The average Bonchev–Trinajstić information content (AvgIpc) is 2.60. The maximum Gasteiger partial charge on any atom is 0.380 e. The molecular formula is C6H9F5N3O3P3. The van der Waals surface area contributed by atoms with Gasteiger partial charge in [-0.2, -0.15) is 13.0 Å². The molecule has 0 bridgehead atoms. The Balaban J connectivity index is 2.20. The number of cyclic esters (lactones) is 1. The third kappa shape index (κ3) is 2.77. The van der Waals surface area contributed by atoms with E-state index in [4.69, 9.17) is 4.74 Å². The first-order chi connectivity index (χ1) is 9.30. The molecule has 5 unspecified atom stereocenters. The molecule has 5 atom stereocenters. The van der Waals surface area contributed by atoms with E-state index in [1.54, 1.807) is 0 Å². The molecule has 2 rings (SSSR count). The van der Waals surface area contributed by atoms with Gasteiger partial charge in [0.25, 0.3) is 0 Å². The zero-order valence-corrected chi connectivity index (χ0v) is 12.6. The maximum absolute atomic E-state index is 13.6. The number of ether oxygens (including phenoxy) is 2. The largest absolute Gasteiger partial charge is 0.447 e. The first kappa shape index (κ1) is 16.6. The minimum absolute atomic E-state index is 0.176. The molecule has 2 heterocycles. The van der Waals surface area contributed by atoms with E-state index < -0.39 is 58.8 Å². The molecular weight excluding hydrogens is 350 g/mol. The van der Waals surface area contributed by atoms with Crippen molar-refractivity contribution in [2.24, 2.45) is 0 Å². The van der Waals surface area contributed by atoms with Gasteiger partial charge in [-0.15, -0.1) is 8.96 Å². The minimum Gasteiger partial charge on any atom is -0.447 e. The lowest BCUT2D eigenvalue weighted by Crippen LogP contribution is -2.41. The zero-order chi connectivity index (χ0) is 15.1. The number of nitrogens with zero attached hydrogens (tertiary/aromatic N) is 2. The maximum atomic E-state index is 13.6. The van der Waals surface area contributed by atoms with Crippen LogP contribution in [0, 0.1) is 0 Å². The van der Waals surface area contributed by atoms with Crippen LogP contribution in [0.5, 0.6) is 0 Å². The van der Waals surface area contributed by atoms with Gasteiger partial charge in [0.1, 0.15) is 8.22 Å². The summed E-state index contributed by atoms with van der Waals surface area (Å²) in [6.07, 6.45) is -2.05. The molecule has 0 amide bonds. The molecule has 0 aromatic heterocycles.